The number of hydrogen-bond donors (Lipinski definition) is 0. The first-order valence-corrected chi connectivity index (χ1v) is 11.5. The van der Waals surface area contributed by atoms with Gasteiger partial charge in [0, 0.05) is 13.5 Å². The third-order valence-electron chi connectivity index (χ3n) is 6.29. The van der Waals surface area contributed by atoms with Crippen molar-refractivity contribution < 1.29 is 22.7 Å². The second-order valence-electron chi connectivity index (χ2n) is 8.47. The van der Waals surface area contributed by atoms with Crippen LogP contribution in [0.5, 0.6) is 0 Å². The van der Waals surface area contributed by atoms with E-state index in [1.54, 1.807) is 23.8 Å². The van der Waals surface area contributed by atoms with Gasteiger partial charge in [0.1, 0.15) is 22.4 Å². The van der Waals surface area contributed by atoms with Crippen LogP contribution in [0.25, 0.3) is 5.70 Å². The van der Waals surface area contributed by atoms with Crippen LogP contribution in [0.15, 0.2) is 82.7 Å². The Labute approximate surface area is 199 Å². The second-order valence-corrected chi connectivity index (χ2v) is 9.55. The third kappa shape index (κ3) is 3.37. The zero-order valence-corrected chi connectivity index (χ0v) is 19.6. The normalized spacial score (nSPS) is 23.4. The molecule has 9 heteroatoms. The van der Waals surface area contributed by atoms with Crippen LogP contribution < -0.4 is 4.90 Å². The van der Waals surface area contributed by atoms with Gasteiger partial charge < -0.3 is 4.74 Å². The zero-order valence-electron chi connectivity index (χ0n) is 18.8. The summed E-state index contributed by atoms with van der Waals surface area (Å²) in [5, 5.41) is 0.343. The number of imidazole rings is 1. The standard InChI is InChI=1S/C25H22F3N3O2S/c1-15-13-24-11-7-10-18(25(26,27)28)31(24)23-29-14-19(30(23)22(24)16(2)21(15)33-3)34-20(32)12-17-8-5-4-6-9-17/h4-11,13-14,21H,12H2,1-3H3. The van der Waals surface area contributed by atoms with Gasteiger partial charge in [0.25, 0.3) is 0 Å². The van der Waals surface area contributed by atoms with Crippen molar-refractivity contribution in [3.05, 3.63) is 83.2 Å². The van der Waals surface area contributed by atoms with Crippen molar-refractivity contribution in [3.8, 4) is 0 Å². The lowest BCUT2D eigenvalue weighted by atomic mass is 9.79. The molecule has 2 unspecified atom stereocenters. The van der Waals surface area contributed by atoms with E-state index < -0.39 is 17.4 Å². The number of methoxy groups -OCH3 is 1. The number of thioether (sulfide) groups is 1. The Morgan fingerprint density at radius 2 is 1.97 bits per heavy atom. The number of halogens is 3. The molecule has 34 heavy (non-hydrogen) atoms. The first kappa shape index (κ1) is 22.7. The molecule has 176 valence electrons. The van der Waals surface area contributed by atoms with Crippen LogP contribution in [0.2, 0.25) is 0 Å². The summed E-state index contributed by atoms with van der Waals surface area (Å²) in [7, 11) is 1.57. The Morgan fingerprint density at radius 1 is 1.24 bits per heavy atom. The Hall–Kier alpha value is -3.04. The van der Waals surface area contributed by atoms with Crippen LogP contribution in [0, 0.1) is 0 Å². The highest BCUT2D eigenvalue weighted by atomic mass is 32.2. The summed E-state index contributed by atoms with van der Waals surface area (Å²) < 4.78 is 49.7. The number of allylic oxidation sites excluding steroid dienone is 3. The van der Waals surface area contributed by atoms with Crippen molar-refractivity contribution in [1.82, 2.24) is 9.55 Å². The minimum absolute atomic E-state index is 0.123. The number of hydrogen-bond acceptors (Lipinski definition) is 5. The molecule has 2 aliphatic heterocycles. The van der Waals surface area contributed by atoms with Crippen molar-refractivity contribution in [2.45, 2.75) is 43.1 Å². The van der Waals surface area contributed by atoms with Gasteiger partial charge in [0.2, 0.25) is 5.95 Å². The molecule has 5 nitrogen and oxygen atoms in total. The highest BCUT2D eigenvalue weighted by Crippen LogP contribution is 2.55. The number of carbonyl (C=O) groups excluding carboxylic acids is 1. The van der Waals surface area contributed by atoms with Gasteiger partial charge in [-0.2, -0.15) is 13.2 Å². The number of anilines is 1. The van der Waals surface area contributed by atoms with E-state index in [-0.39, 0.29) is 23.6 Å². The van der Waals surface area contributed by atoms with Gasteiger partial charge in [0.15, 0.2) is 5.12 Å². The van der Waals surface area contributed by atoms with Crippen LogP contribution in [0.4, 0.5) is 19.1 Å². The van der Waals surface area contributed by atoms with Crippen molar-refractivity contribution in [2.24, 2.45) is 0 Å². The summed E-state index contributed by atoms with van der Waals surface area (Å²) in [6.45, 7) is 3.70. The zero-order chi connectivity index (χ0) is 24.3. The third-order valence-corrected chi connectivity index (χ3v) is 7.16. The largest absolute Gasteiger partial charge is 0.431 e. The van der Waals surface area contributed by atoms with E-state index in [1.807, 2.05) is 44.2 Å². The molecule has 3 heterocycles. The lowest BCUT2D eigenvalue weighted by molar-refractivity contribution is -0.110. The van der Waals surface area contributed by atoms with Gasteiger partial charge in [-0.15, -0.1) is 0 Å². The van der Waals surface area contributed by atoms with Crippen LogP contribution in [0.3, 0.4) is 0 Å². The molecular formula is C25H22F3N3O2S. The average molecular weight is 486 g/mol. The van der Waals surface area contributed by atoms with E-state index >= 15 is 0 Å². The summed E-state index contributed by atoms with van der Waals surface area (Å²) in [6.07, 6.45) is 2.72. The van der Waals surface area contributed by atoms with Gasteiger partial charge in [-0.25, -0.2) is 4.98 Å². The number of alkyl halides is 3. The van der Waals surface area contributed by atoms with Crippen LogP contribution in [-0.2, 0) is 16.0 Å². The van der Waals surface area contributed by atoms with Gasteiger partial charge in [0.05, 0.1) is 11.9 Å². The van der Waals surface area contributed by atoms with E-state index in [0.717, 1.165) is 34.5 Å². The summed E-state index contributed by atoms with van der Waals surface area (Å²) >= 11 is 0.983. The average Bonchev–Trinajstić information content (AvgIpc) is 3.29. The fourth-order valence-corrected chi connectivity index (χ4v) is 5.94. The molecule has 2 aromatic rings. The minimum Gasteiger partial charge on any atom is -0.373 e. The molecule has 0 fully saturated rings. The molecule has 0 saturated heterocycles. The van der Waals surface area contributed by atoms with Gasteiger partial charge in [-0.1, -0.05) is 36.4 Å². The number of aromatic nitrogens is 2. The van der Waals surface area contributed by atoms with E-state index in [0.29, 0.717) is 10.7 Å². The molecule has 1 aromatic carbocycles. The second kappa shape index (κ2) is 8.02. The molecule has 1 spiro atoms. The maximum Gasteiger partial charge on any atom is 0.431 e. The molecule has 0 N–H and O–H groups in total. The molecule has 0 radical (unpaired) electrons. The van der Waals surface area contributed by atoms with Crippen molar-refractivity contribution in [3.63, 3.8) is 0 Å². The number of nitrogens with zero attached hydrogens (tertiary/aromatic N) is 3. The van der Waals surface area contributed by atoms with Crippen molar-refractivity contribution in [1.29, 1.82) is 0 Å². The summed E-state index contributed by atoms with van der Waals surface area (Å²) in [5.74, 6) is 0.123. The van der Waals surface area contributed by atoms with Crippen molar-refractivity contribution in [2.75, 3.05) is 12.0 Å². The fourth-order valence-electron chi connectivity index (χ4n) is 5.10. The Morgan fingerprint density at radius 3 is 2.65 bits per heavy atom. The monoisotopic (exact) mass is 485 g/mol. The van der Waals surface area contributed by atoms with Gasteiger partial charge in [-0.3, -0.25) is 14.3 Å². The topological polar surface area (TPSA) is 47.4 Å². The Balaban J connectivity index is 1.64. The summed E-state index contributed by atoms with van der Waals surface area (Å²) in [4.78, 5) is 18.5. The Bertz CT molecular complexity index is 1290. The molecule has 3 aliphatic rings. The lowest BCUT2D eigenvalue weighted by Gasteiger charge is -2.42. The molecule has 0 saturated carbocycles. The predicted octanol–water partition coefficient (Wildman–Crippen LogP) is 5.53. The summed E-state index contributed by atoms with van der Waals surface area (Å²) in [5.41, 5.74) is 1.04. The number of benzene rings is 1. The molecule has 1 aliphatic carbocycles. The van der Waals surface area contributed by atoms with E-state index in [2.05, 4.69) is 4.98 Å². The van der Waals surface area contributed by atoms with E-state index in [4.69, 9.17) is 4.74 Å². The molecule has 2 atom stereocenters. The molecule has 0 amide bonds. The number of ether oxygens (including phenoxy) is 1. The Kier molecular flexibility index (Phi) is 5.37. The van der Waals surface area contributed by atoms with E-state index in [9.17, 15) is 18.0 Å². The maximum atomic E-state index is 14.1. The molecule has 1 aromatic heterocycles. The SMILES string of the molecule is COC1C(C)=CC23C=CC=C(C(F)(F)F)N2c2ncc(SC(=O)Cc4ccccc4)n2C3=C1C. The van der Waals surface area contributed by atoms with Crippen LogP contribution in [-0.4, -0.2) is 39.6 Å². The van der Waals surface area contributed by atoms with Crippen LogP contribution in [0.1, 0.15) is 19.4 Å². The fraction of sp³-hybridized carbons (Fsp3) is 0.280. The smallest absolute Gasteiger partial charge is 0.373 e. The molecule has 5 rings (SSSR count). The van der Waals surface area contributed by atoms with Gasteiger partial charge >= 0.3 is 6.18 Å². The van der Waals surface area contributed by atoms with Crippen molar-refractivity contribution >= 4 is 28.5 Å². The number of fused-ring (bicyclic) bond motifs is 3. The maximum absolute atomic E-state index is 14.1. The quantitative estimate of drug-likeness (QED) is 0.421. The highest BCUT2D eigenvalue weighted by Gasteiger charge is 2.57. The molecular weight excluding hydrogens is 463 g/mol. The number of rotatable bonds is 4. The van der Waals surface area contributed by atoms with Crippen LogP contribution >= 0.6 is 11.8 Å². The number of carbonyl (C=O) groups is 1. The first-order chi connectivity index (χ1) is 16.2. The lowest BCUT2D eigenvalue weighted by Crippen LogP contribution is -2.50. The minimum atomic E-state index is -4.59. The molecule has 0 bridgehead atoms. The first-order valence-electron chi connectivity index (χ1n) is 10.7. The predicted molar refractivity (Wildman–Crippen MR) is 125 cm³/mol. The van der Waals surface area contributed by atoms with E-state index in [1.165, 1.54) is 17.2 Å². The summed E-state index contributed by atoms with van der Waals surface area (Å²) in [6, 6.07) is 9.33. The highest BCUT2D eigenvalue weighted by molar-refractivity contribution is 8.13. The van der Waals surface area contributed by atoms with Gasteiger partial charge in [-0.05, 0) is 60.5 Å².